The van der Waals surface area contributed by atoms with Crippen molar-refractivity contribution in [2.24, 2.45) is 0 Å². The van der Waals surface area contributed by atoms with Gasteiger partial charge in [0, 0.05) is 0 Å². The number of fused-ring (bicyclic) bond motifs is 1. The molecule has 23 heavy (non-hydrogen) atoms. The molecule has 0 spiro atoms. The van der Waals surface area contributed by atoms with E-state index in [0.717, 1.165) is 0 Å². The van der Waals surface area contributed by atoms with E-state index < -0.39 is 0 Å². The van der Waals surface area contributed by atoms with Gasteiger partial charge >= 0.3 is 0 Å². The third-order valence-corrected chi connectivity index (χ3v) is 3.33. The Hall–Kier alpha value is -3.02. The molecule has 0 fully saturated rings. The van der Waals surface area contributed by atoms with Crippen LogP contribution in [0.4, 0.5) is 11.4 Å². The maximum absolute atomic E-state index is 12.6. The molecule has 1 aliphatic heterocycles. The average molecular weight is 312 g/mol. The fourth-order valence-electron chi connectivity index (χ4n) is 2.33. The highest BCUT2D eigenvalue weighted by Gasteiger charge is 2.22. The lowest BCUT2D eigenvalue weighted by Gasteiger charge is -2.20. The van der Waals surface area contributed by atoms with Gasteiger partial charge in [0.15, 0.2) is 6.61 Å². The lowest BCUT2D eigenvalue weighted by atomic mass is 10.1. The highest BCUT2D eigenvalue weighted by atomic mass is 16.5. The number of ether oxygens (including phenoxy) is 2. The van der Waals surface area contributed by atoms with Crippen LogP contribution >= 0.6 is 0 Å². The monoisotopic (exact) mass is 312 g/mol. The molecular weight excluding hydrogens is 296 g/mol. The van der Waals surface area contributed by atoms with E-state index in [1.54, 1.807) is 30.3 Å². The first-order chi connectivity index (χ1) is 11.2. The molecule has 1 heterocycles. The Morgan fingerprint density at radius 2 is 2.09 bits per heavy atom. The van der Waals surface area contributed by atoms with Crippen molar-refractivity contribution in [3.05, 3.63) is 48.0 Å². The van der Waals surface area contributed by atoms with Crippen LogP contribution in [-0.2, 0) is 4.79 Å². The second kappa shape index (κ2) is 6.39. The van der Waals surface area contributed by atoms with E-state index in [9.17, 15) is 9.59 Å². The Morgan fingerprint density at radius 3 is 2.91 bits per heavy atom. The number of rotatable bonds is 4. The number of amides is 2. The van der Waals surface area contributed by atoms with Crippen LogP contribution in [0.25, 0.3) is 0 Å². The summed E-state index contributed by atoms with van der Waals surface area (Å²) >= 11 is 0. The van der Waals surface area contributed by atoms with Gasteiger partial charge in [0.25, 0.3) is 11.8 Å². The number of hydrogen-bond donors (Lipinski definition) is 2. The molecule has 0 unspecified atom stereocenters. The highest BCUT2D eigenvalue weighted by Crippen LogP contribution is 2.32. The Kier molecular flexibility index (Phi) is 4.14. The van der Waals surface area contributed by atoms with Gasteiger partial charge in [-0.2, -0.15) is 0 Å². The van der Waals surface area contributed by atoms with Crippen LogP contribution in [-0.4, -0.2) is 25.0 Å². The van der Waals surface area contributed by atoms with Crippen molar-refractivity contribution in [1.82, 2.24) is 0 Å². The summed E-state index contributed by atoms with van der Waals surface area (Å²) < 4.78 is 10.8. The summed E-state index contributed by atoms with van der Waals surface area (Å²) in [6.07, 6.45) is 0. The van der Waals surface area contributed by atoms with Crippen LogP contribution in [0.2, 0.25) is 0 Å². The summed E-state index contributed by atoms with van der Waals surface area (Å²) in [5.41, 5.74) is 1.29. The Bertz CT molecular complexity index is 758. The van der Waals surface area contributed by atoms with Gasteiger partial charge in [-0.3, -0.25) is 9.59 Å². The number of nitrogens with one attached hydrogen (secondary N) is 2. The lowest BCUT2D eigenvalue weighted by Crippen LogP contribution is -2.27. The quantitative estimate of drug-likeness (QED) is 0.910. The maximum Gasteiger partial charge on any atom is 0.262 e. The molecule has 0 radical (unpaired) electrons. The minimum Gasteiger partial charge on any atom is -0.492 e. The molecule has 118 valence electrons. The van der Waals surface area contributed by atoms with Gasteiger partial charge in [0.1, 0.15) is 11.5 Å². The fraction of sp³-hybridized carbons (Fsp3) is 0.176. The zero-order valence-corrected chi connectivity index (χ0v) is 12.6. The molecule has 0 aromatic heterocycles. The molecule has 0 saturated heterocycles. The van der Waals surface area contributed by atoms with Crippen LogP contribution in [0.15, 0.2) is 42.5 Å². The number of benzene rings is 2. The number of para-hydroxylation sites is 3. The highest BCUT2D eigenvalue weighted by molar-refractivity contribution is 6.12. The first-order valence-corrected chi connectivity index (χ1v) is 7.28. The van der Waals surface area contributed by atoms with Gasteiger partial charge in [0.05, 0.1) is 23.5 Å². The van der Waals surface area contributed by atoms with Gasteiger partial charge in [0.2, 0.25) is 0 Å². The first kappa shape index (κ1) is 14.9. The number of carbonyl (C=O) groups excluding carboxylic acids is 2. The molecule has 3 rings (SSSR count). The van der Waals surface area contributed by atoms with E-state index in [-0.39, 0.29) is 18.4 Å². The summed E-state index contributed by atoms with van der Waals surface area (Å²) in [6.45, 7) is 2.32. The molecule has 0 saturated carbocycles. The summed E-state index contributed by atoms with van der Waals surface area (Å²) in [7, 11) is 0. The van der Waals surface area contributed by atoms with Crippen LogP contribution in [0.1, 0.15) is 17.3 Å². The molecule has 2 N–H and O–H groups in total. The van der Waals surface area contributed by atoms with Crippen LogP contribution in [0.3, 0.4) is 0 Å². The molecule has 0 bridgehead atoms. The zero-order valence-electron chi connectivity index (χ0n) is 12.6. The third-order valence-electron chi connectivity index (χ3n) is 3.33. The molecule has 2 amide bonds. The fourth-order valence-corrected chi connectivity index (χ4v) is 2.33. The molecule has 1 aliphatic rings. The minimum absolute atomic E-state index is 0.0504. The van der Waals surface area contributed by atoms with Gasteiger partial charge in [-0.1, -0.05) is 18.2 Å². The lowest BCUT2D eigenvalue weighted by molar-refractivity contribution is -0.118. The smallest absolute Gasteiger partial charge is 0.262 e. The van der Waals surface area contributed by atoms with E-state index in [1.165, 1.54) is 0 Å². The molecular formula is C17H16N2O4. The van der Waals surface area contributed by atoms with Gasteiger partial charge < -0.3 is 20.1 Å². The van der Waals surface area contributed by atoms with Gasteiger partial charge in [-0.15, -0.1) is 0 Å². The van der Waals surface area contributed by atoms with E-state index in [1.807, 2.05) is 19.1 Å². The van der Waals surface area contributed by atoms with Gasteiger partial charge in [-0.25, -0.2) is 0 Å². The minimum atomic E-state index is -0.347. The molecule has 0 aliphatic carbocycles. The second-order valence-electron chi connectivity index (χ2n) is 4.90. The normalized spacial score (nSPS) is 12.7. The summed E-state index contributed by atoms with van der Waals surface area (Å²) in [5, 5.41) is 5.48. The van der Waals surface area contributed by atoms with Crippen molar-refractivity contribution in [3.8, 4) is 11.5 Å². The third kappa shape index (κ3) is 3.11. The summed E-state index contributed by atoms with van der Waals surface area (Å²) in [5.74, 6) is 0.441. The molecule has 6 heteroatoms. The standard InChI is InChI=1S/C17H16N2O4/c1-2-22-13-8-4-3-7-12(13)18-17(21)11-6-5-9-14-16(11)19-15(20)10-23-14/h3-9H,2,10H2,1H3,(H,18,21)(H,19,20). The largest absolute Gasteiger partial charge is 0.492 e. The van der Waals surface area contributed by atoms with Crippen molar-refractivity contribution < 1.29 is 19.1 Å². The van der Waals surface area contributed by atoms with Crippen LogP contribution < -0.4 is 20.1 Å². The zero-order chi connectivity index (χ0) is 16.2. The van der Waals surface area contributed by atoms with Crippen LogP contribution in [0.5, 0.6) is 11.5 Å². The Balaban J connectivity index is 1.89. The first-order valence-electron chi connectivity index (χ1n) is 7.28. The van der Waals surface area contributed by atoms with Crippen molar-refractivity contribution in [2.75, 3.05) is 23.8 Å². The second-order valence-corrected chi connectivity index (χ2v) is 4.90. The summed E-state index contributed by atoms with van der Waals surface area (Å²) in [4.78, 5) is 24.1. The molecule has 2 aromatic carbocycles. The van der Waals surface area contributed by atoms with E-state index in [4.69, 9.17) is 9.47 Å². The van der Waals surface area contributed by atoms with E-state index >= 15 is 0 Å². The topological polar surface area (TPSA) is 76.7 Å². The molecule has 0 atom stereocenters. The van der Waals surface area contributed by atoms with E-state index in [0.29, 0.717) is 35.0 Å². The van der Waals surface area contributed by atoms with Gasteiger partial charge in [-0.05, 0) is 31.2 Å². The van der Waals surface area contributed by atoms with Crippen molar-refractivity contribution in [3.63, 3.8) is 0 Å². The molecule has 6 nitrogen and oxygen atoms in total. The average Bonchev–Trinajstić information content (AvgIpc) is 2.56. The maximum atomic E-state index is 12.6. The van der Waals surface area contributed by atoms with Crippen molar-refractivity contribution in [1.29, 1.82) is 0 Å². The Morgan fingerprint density at radius 1 is 1.26 bits per heavy atom. The number of hydrogen-bond acceptors (Lipinski definition) is 4. The predicted octanol–water partition coefficient (Wildman–Crippen LogP) is 2.67. The molecule has 2 aromatic rings. The van der Waals surface area contributed by atoms with Crippen LogP contribution in [0, 0.1) is 0 Å². The van der Waals surface area contributed by atoms with Crippen molar-refractivity contribution in [2.45, 2.75) is 6.92 Å². The number of anilines is 2. The Labute approximate surface area is 133 Å². The van der Waals surface area contributed by atoms with E-state index in [2.05, 4.69) is 10.6 Å². The predicted molar refractivity (Wildman–Crippen MR) is 86.1 cm³/mol. The SMILES string of the molecule is CCOc1ccccc1NC(=O)c1cccc2c1NC(=O)CO2. The number of carbonyl (C=O) groups is 2. The summed E-state index contributed by atoms with van der Waals surface area (Å²) in [6, 6.07) is 12.2. The van der Waals surface area contributed by atoms with Crippen molar-refractivity contribution >= 4 is 23.2 Å².